The number of nitrogens with zero attached hydrogens (tertiary/aromatic N) is 5. The number of pyridine rings is 3. The Kier molecular flexibility index (Phi) is 15.0. The maximum atomic E-state index is 11.8. The summed E-state index contributed by atoms with van der Waals surface area (Å²) in [4.78, 5) is 94.2. The van der Waals surface area contributed by atoms with Crippen molar-refractivity contribution in [3.8, 4) is 45.3 Å². The molecule has 3 N–H and O–H groups in total. The van der Waals surface area contributed by atoms with Gasteiger partial charge in [-0.3, -0.25) is 59.7 Å². The predicted octanol–water partition coefficient (Wildman–Crippen LogP) is 16.9. The number of hydrogen-bond donors (Lipinski definition) is 3. The average Bonchev–Trinajstić information content (AvgIpc) is 1.23. The van der Waals surface area contributed by atoms with Crippen LogP contribution in [0.1, 0.15) is 155 Å². The van der Waals surface area contributed by atoms with E-state index in [0.717, 1.165) is 173 Å². The van der Waals surface area contributed by atoms with Crippen molar-refractivity contribution in [2.24, 2.45) is 53.3 Å². The van der Waals surface area contributed by atoms with Crippen molar-refractivity contribution in [2.45, 2.75) is 139 Å². The third kappa shape index (κ3) is 11.3. The summed E-state index contributed by atoms with van der Waals surface area (Å²) in [6, 6.07) is 24.8. The zero-order chi connectivity index (χ0) is 67.3. The van der Waals surface area contributed by atoms with Crippen molar-refractivity contribution < 1.29 is 47.1 Å². The van der Waals surface area contributed by atoms with Crippen LogP contribution in [0.3, 0.4) is 0 Å². The topological polar surface area (TPSA) is 248 Å². The molecule has 4 aliphatic heterocycles. The van der Waals surface area contributed by atoms with Gasteiger partial charge in [0.25, 0.3) is 33.4 Å². The van der Waals surface area contributed by atoms with Gasteiger partial charge in [0.1, 0.15) is 11.0 Å². The first-order valence-corrected chi connectivity index (χ1v) is 37.9. The zero-order valence-corrected chi connectivity index (χ0v) is 57.6. The lowest BCUT2D eigenvalue weighted by Crippen LogP contribution is -2.48. The number of carbonyl (C=O) groups is 6. The molecule has 0 atom stereocenters. The van der Waals surface area contributed by atoms with Crippen molar-refractivity contribution in [3.05, 3.63) is 152 Å². The average molecular weight is 1390 g/mol. The van der Waals surface area contributed by atoms with Crippen LogP contribution >= 0.6 is 35.3 Å². The van der Waals surface area contributed by atoms with Crippen LogP contribution in [0.4, 0.5) is 14.4 Å². The van der Waals surface area contributed by atoms with Crippen molar-refractivity contribution in [1.82, 2.24) is 40.9 Å². The summed E-state index contributed by atoms with van der Waals surface area (Å²) < 4.78 is 24.0. The first-order chi connectivity index (χ1) is 48.5. The molecular weight excluding hydrogens is 1320 g/mol. The second kappa shape index (κ2) is 24.0. The van der Waals surface area contributed by atoms with Gasteiger partial charge in [-0.1, -0.05) is 18.2 Å². The Morgan fingerprint density at radius 1 is 0.430 bits per heavy atom. The number of oxazole rings is 2. The highest BCUT2D eigenvalue weighted by atomic mass is 32.2. The van der Waals surface area contributed by atoms with Gasteiger partial charge in [-0.05, 0) is 310 Å². The first-order valence-electron chi connectivity index (χ1n) is 35.4. The van der Waals surface area contributed by atoms with E-state index in [1.165, 1.54) is 132 Å². The molecule has 16 aliphatic rings. The normalized spacial score (nSPS) is 31.8. The molecule has 100 heavy (non-hydrogen) atoms. The van der Waals surface area contributed by atoms with E-state index < -0.39 is 0 Å². The standard InChI is InChI=1S/C27H25N3O3S.C26H23N3O3S.C26H24N2O4S/c1-14-29-22-9-19(21-3-2-15(13-28-21)7-23-25(31)30-26(32)34-23)8-20(24(22)33-14)27-10-16-4-17(11-27)6-18(5-16)12-27;30-24-22(33-25(31)29-24)6-14-1-2-20(27-12-14)18-7-19(23-21(8-18)28-13-32-23)26-9-15-3-16(10-26)5-17(4-15)11-26;29-24-22(33-25(30)28-24)6-14-1-2-20(27-12-14)18-7-19(23-21(8-18)31-13-32-23)26-9-15-3-16(10-26)5-17(4-15)11-26/h2-3,7-9,13,16-18H,4-6,10-12H2,1H3,(H,30,31,32);1-2,6-8,12-13,15-17H,3-5,9-11H2,(H,29,30,31);1-2,6-8,12,15-17H,3-5,9-11,13H2,(H,28,29,30)/b23-7-;2*22-6-. The summed E-state index contributed by atoms with van der Waals surface area (Å²) in [6.07, 6.45) is 35.9. The minimum atomic E-state index is -0.356. The highest BCUT2D eigenvalue weighted by molar-refractivity contribution is 8.19. The molecule has 8 aromatic rings. The predicted molar refractivity (Wildman–Crippen MR) is 382 cm³/mol. The van der Waals surface area contributed by atoms with Crippen LogP contribution in [0.15, 0.2) is 121 Å². The van der Waals surface area contributed by atoms with Crippen LogP contribution in [0.2, 0.25) is 0 Å². The molecule has 18 nitrogen and oxygen atoms in total. The summed E-state index contributed by atoms with van der Waals surface area (Å²) in [5.41, 5.74) is 16.3. The van der Waals surface area contributed by atoms with E-state index in [-0.39, 0.29) is 56.5 Å². The van der Waals surface area contributed by atoms with E-state index in [1.807, 2.05) is 49.4 Å². The van der Waals surface area contributed by atoms with Crippen LogP contribution < -0.4 is 25.4 Å². The molecule has 3 saturated heterocycles. The largest absolute Gasteiger partial charge is 0.454 e. The van der Waals surface area contributed by atoms with Crippen LogP contribution in [0.5, 0.6) is 11.5 Å². The molecular formula is C79H72N8O10S3. The SMILES string of the molecule is Cc1nc2cc(-c3ccc(/C=C4\SC(=O)NC4=O)cn3)cc(C34CC5CC(CC(C5)C3)C4)c2o1.O=C1NC(=O)/C(=C/c2ccc(-c3cc(C45CC6CC(CC(C6)C4)C5)c4ocnc4c3)nc2)S1.O=C1NC(=O)/C(=C/c2ccc(-c3cc4c(c(C56CC7CC(CC(C7)C5)C6)c3)OCO4)nc2)S1. The van der Waals surface area contributed by atoms with Gasteiger partial charge in [-0.15, -0.1) is 0 Å². The van der Waals surface area contributed by atoms with E-state index in [2.05, 4.69) is 61.2 Å². The van der Waals surface area contributed by atoms with Gasteiger partial charge >= 0.3 is 0 Å². The van der Waals surface area contributed by atoms with Crippen LogP contribution in [-0.4, -0.2) is 65.2 Å². The summed E-state index contributed by atoms with van der Waals surface area (Å²) in [5.74, 6) is 9.02. The minimum Gasteiger partial charge on any atom is -0.454 e. The molecule has 5 aromatic heterocycles. The Balaban J connectivity index is 0.000000104. The fraction of sp³-hybridized carbons (Fsp3) is 0.405. The van der Waals surface area contributed by atoms with Gasteiger partial charge in [0.05, 0.1) is 31.8 Å². The molecule has 9 heterocycles. The van der Waals surface area contributed by atoms with Gasteiger partial charge in [0.15, 0.2) is 34.9 Å². The lowest BCUT2D eigenvalue weighted by Gasteiger charge is -2.57. The monoisotopic (exact) mass is 1390 g/mol. The number of aromatic nitrogens is 5. The fourth-order valence-electron chi connectivity index (χ4n) is 21.8. The summed E-state index contributed by atoms with van der Waals surface area (Å²) in [7, 11) is 0. The van der Waals surface area contributed by atoms with Crippen LogP contribution in [0, 0.1) is 60.2 Å². The van der Waals surface area contributed by atoms with Gasteiger partial charge in [-0.25, -0.2) is 9.97 Å². The Hall–Kier alpha value is -8.66. The molecule has 0 unspecified atom stereocenters. The second-order valence-corrected chi connectivity index (χ2v) is 34.2. The number of rotatable bonds is 9. The number of imide groups is 3. The number of nitrogens with one attached hydrogen (secondary N) is 3. The molecule has 3 aromatic carbocycles. The summed E-state index contributed by atoms with van der Waals surface area (Å²) >= 11 is 2.75. The summed E-state index contributed by atoms with van der Waals surface area (Å²) in [5, 5.41) is 5.83. The number of aryl methyl sites for hydroxylation is 1. The van der Waals surface area contributed by atoms with Gasteiger partial charge in [0.2, 0.25) is 6.79 Å². The van der Waals surface area contributed by atoms with Crippen molar-refractivity contribution in [3.63, 3.8) is 0 Å². The smallest absolute Gasteiger partial charge is 0.290 e. The number of ether oxygens (including phenoxy) is 2. The van der Waals surface area contributed by atoms with Crippen molar-refractivity contribution in [1.29, 1.82) is 0 Å². The van der Waals surface area contributed by atoms with E-state index >= 15 is 0 Å². The van der Waals surface area contributed by atoms with Crippen molar-refractivity contribution >= 4 is 109 Å². The number of benzene rings is 3. The Morgan fingerprint density at radius 2 is 0.800 bits per heavy atom. The molecule has 6 amide bonds. The molecule has 12 saturated carbocycles. The number of carbonyl (C=O) groups excluding carboxylic acids is 6. The maximum absolute atomic E-state index is 11.8. The molecule has 21 heteroatoms. The number of hydrogen-bond acceptors (Lipinski definition) is 18. The fourth-order valence-corrected chi connectivity index (χ4v) is 23.8. The Labute approximate surface area is 589 Å². The lowest BCUT2D eigenvalue weighted by molar-refractivity contribution is -0.116. The third-order valence-corrected chi connectivity index (χ3v) is 26.8. The molecule has 15 fully saturated rings. The van der Waals surface area contributed by atoms with E-state index in [4.69, 9.17) is 28.3 Å². The van der Waals surface area contributed by atoms with E-state index in [0.29, 0.717) is 20.6 Å². The van der Waals surface area contributed by atoms with Gasteiger partial charge in [-0.2, -0.15) is 0 Å². The quantitative estimate of drug-likeness (QED) is 0.114. The molecule has 12 bridgehead atoms. The summed E-state index contributed by atoms with van der Waals surface area (Å²) in [6.45, 7) is 2.20. The Bertz CT molecular complexity index is 4810. The molecule has 0 spiro atoms. The van der Waals surface area contributed by atoms with E-state index in [1.54, 1.807) is 43.2 Å². The molecule has 506 valence electrons. The van der Waals surface area contributed by atoms with Crippen LogP contribution in [0.25, 0.3) is 74.2 Å². The Morgan fingerprint density at radius 3 is 1.18 bits per heavy atom. The minimum absolute atomic E-state index is 0.193. The van der Waals surface area contributed by atoms with Gasteiger partial charge < -0.3 is 18.3 Å². The first kappa shape index (κ1) is 62.4. The van der Waals surface area contributed by atoms with Crippen molar-refractivity contribution in [2.75, 3.05) is 6.79 Å². The lowest BCUT2D eigenvalue weighted by atomic mass is 9.48. The van der Waals surface area contributed by atoms with Gasteiger partial charge in [0, 0.05) is 58.9 Å². The third-order valence-electron chi connectivity index (χ3n) is 24.4. The highest BCUT2D eigenvalue weighted by Gasteiger charge is 2.56. The zero-order valence-electron chi connectivity index (χ0n) is 55.1. The number of fused-ring (bicyclic) bond motifs is 3. The van der Waals surface area contributed by atoms with Crippen LogP contribution in [-0.2, 0) is 30.6 Å². The van der Waals surface area contributed by atoms with E-state index in [9.17, 15) is 28.8 Å². The number of amides is 6. The molecule has 12 aliphatic carbocycles. The molecule has 24 rings (SSSR count). The second-order valence-electron chi connectivity index (χ2n) is 31.2. The maximum Gasteiger partial charge on any atom is 0.290 e. The highest BCUT2D eigenvalue weighted by Crippen LogP contribution is 2.66. The number of thioether (sulfide) groups is 3. The molecule has 0 radical (unpaired) electrons.